The number of anilines is 2. The fourth-order valence-corrected chi connectivity index (χ4v) is 2.55. The monoisotopic (exact) mass is 382 g/mol. The van der Waals surface area contributed by atoms with E-state index in [2.05, 4.69) is 5.32 Å². The maximum Gasteiger partial charge on any atom is 0.338 e. The molecule has 148 valence electrons. The number of benzene rings is 2. The van der Waals surface area contributed by atoms with Gasteiger partial charge in [-0.1, -0.05) is 25.1 Å². The Balaban J connectivity index is 1.75. The highest BCUT2D eigenvalue weighted by atomic mass is 16.5. The second-order valence-electron chi connectivity index (χ2n) is 6.40. The van der Waals surface area contributed by atoms with Crippen LogP contribution in [0.25, 0.3) is 0 Å². The normalized spacial score (nSPS) is 10.2. The molecular formula is C22H26N2O4. The summed E-state index contributed by atoms with van der Waals surface area (Å²) in [5.41, 5.74) is 1.88. The van der Waals surface area contributed by atoms with Gasteiger partial charge in [0.2, 0.25) is 11.8 Å². The Bertz CT molecular complexity index is 788. The number of ether oxygens (including phenoxy) is 1. The fourth-order valence-electron chi connectivity index (χ4n) is 2.55. The minimum Gasteiger partial charge on any atom is -0.462 e. The summed E-state index contributed by atoms with van der Waals surface area (Å²) in [6.45, 7) is 2.31. The Morgan fingerprint density at radius 1 is 0.964 bits per heavy atom. The maximum atomic E-state index is 12.2. The second-order valence-corrected chi connectivity index (χ2v) is 6.40. The van der Waals surface area contributed by atoms with Crippen LogP contribution in [0, 0.1) is 0 Å². The number of carbonyl (C=O) groups is 3. The van der Waals surface area contributed by atoms with Crippen molar-refractivity contribution < 1.29 is 19.1 Å². The Hall–Kier alpha value is -3.15. The Morgan fingerprint density at radius 2 is 1.64 bits per heavy atom. The Morgan fingerprint density at radius 3 is 2.29 bits per heavy atom. The highest BCUT2D eigenvalue weighted by Gasteiger charge is 2.12. The molecule has 0 aliphatic rings. The number of nitrogens with zero attached hydrogens (tertiary/aromatic N) is 1. The van der Waals surface area contributed by atoms with E-state index >= 15 is 0 Å². The third-order valence-electron chi connectivity index (χ3n) is 4.15. The number of esters is 1. The van der Waals surface area contributed by atoms with Crippen LogP contribution in [0.2, 0.25) is 0 Å². The van der Waals surface area contributed by atoms with E-state index in [4.69, 9.17) is 4.74 Å². The van der Waals surface area contributed by atoms with Crippen molar-refractivity contribution in [3.8, 4) is 0 Å². The molecule has 28 heavy (non-hydrogen) atoms. The van der Waals surface area contributed by atoms with E-state index in [1.54, 1.807) is 36.2 Å². The fraction of sp³-hybridized carbons (Fsp3) is 0.318. The summed E-state index contributed by atoms with van der Waals surface area (Å²) in [4.78, 5) is 37.6. The molecule has 0 saturated heterocycles. The van der Waals surface area contributed by atoms with Gasteiger partial charge in [-0.3, -0.25) is 9.59 Å². The van der Waals surface area contributed by atoms with Crippen LogP contribution >= 0.6 is 0 Å². The molecule has 2 aromatic carbocycles. The molecule has 0 spiro atoms. The van der Waals surface area contributed by atoms with Crippen LogP contribution in [-0.4, -0.2) is 31.4 Å². The molecule has 0 bridgehead atoms. The number of hydrogen-bond acceptors (Lipinski definition) is 4. The molecule has 2 aromatic rings. The van der Waals surface area contributed by atoms with Crippen molar-refractivity contribution in [2.24, 2.45) is 0 Å². The predicted molar refractivity (Wildman–Crippen MR) is 109 cm³/mol. The van der Waals surface area contributed by atoms with Crippen molar-refractivity contribution in [1.82, 2.24) is 0 Å². The highest BCUT2D eigenvalue weighted by Crippen LogP contribution is 2.14. The zero-order valence-electron chi connectivity index (χ0n) is 16.3. The van der Waals surface area contributed by atoms with Crippen LogP contribution in [-0.2, 0) is 14.3 Å². The minimum atomic E-state index is -0.374. The maximum absolute atomic E-state index is 12.2. The molecule has 6 heteroatoms. The van der Waals surface area contributed by atoms with Gasteiger partial charge in [0.05, 0.1) is 12.2 Å². The third kappa shape index (κ3) is 6.54. The summed E-state index contributed by atoms with van der Waals surface area (Å²) in [5, 5.41) is 2.77. The zero-order chi connectivity index (χ0) is 20.4. The van der Waals surface area contributed by atoms with Crippen molar-refractivity contribution in [3.05, 3.63) is 60.2 Å². The summed E-state index contributed by atoms with van der Waals surface area (Å²) >= 11 is 0. The first kappa shape index (κ1) is 21.2. The molecule has 0 radical (unpaired) electrons. The molecule has 0 unspecified atom stereocenters. The summed E-state index contributed by atoms with van der Waals surface area (Å²) in [6, 6.07) is 15.9. The summed E-state index contributed by atoms with van der Waals surface area (Å²) < 4.78 is 5.06. The van der Waals surface area contributed by atoms with Gasteiger partial charge < -0.3 is 15.0 Å². The minimum absolute atomic E-state index is 0.0334. The van der Waals surface area contributed by atoms with Gasteiger partial charge in [-0.05, 0) is 49.2 Å². The van der Waals surface area contributed by atoms with Gasteiger partial charge in [0.25, 0.3) is 0 Å². The van der Waals surface area contributed by atoms with E-state index in [1.165, 1.54) is 0 Å². The molecule has 0 fully saturated rings. The average Bonchev–Trinajstić information content (AvgIpc) is 2.72. The lowest BCUT2D eigenvalue weighted by molar-refractivity contribution is -0.118. The first-order chi connectivity index (χ1) is 13.5. The van der Waals surface area contributed by atoms with E-state index in [0.717, 1.165) is 12.1 Å². The van der Waals surface area contributed by atoms with Crippen LogP contribution in [0.15, 0.2) is 54.6 Å². The predicted octanol–water partition coefficient (Wildman–Crippen LogP) is 4.03. The third-order valence-corrected chi connectivity index (χ3v) is 4.15. The second kappa shape index (κ2) is 10.9. The van der Waals surface area contributed by atoms with Crippen molar-refractivity contribution >= 4 is 29.2 Å². The SMILES string of the molecule is CCCOC(=O)c1ccc(NC(=O)CCCC(=O)N(C)c2ccccc2)cc1. The van der Waals surface area contributed by atoms with Gasteiger partial charge in [-0.2, -0.15) is 0 Å². The summed E-state index contributed by atoms with van der Waals surface area (Å²) in [6.07, 6.45) is 1.77. The molecule has 0 heterocycles. The van der Waals surface area contributed by atoms with Crippen LogP contribution in [0.1, 0.15) is 43.0 Å². The number of amides is 2. The van der Waals surface area contributed by atoms with Gasteiger partial charge in [-0.25, -0.2) is 4.79 Å². The highest BCUT2D eigenvalue weighted by molar-refractivity contribution is 5.95. The summed E-state index contributed by atoms with van der Waals surface area (Å²) in [7, 11) is 1.73. The lowest BCUT2D eigenvalue weighted by atomic mass is 10.2. The van der Waals surface area contributed by atoms with Crippen LogP contribution in [0.3, 0.4) is 0 Å². The van der Waals surface area contributed by atoms with Crippen LogP contribution < -0.4 is 10.2 Å². The van der Waals surface area contributed by atoms with E-state index < -0.39 is 0 Å². The average molecular weight is 382 g/mol. The van der Waals surface area contributed by atoms with Crippen LogP contribution in [0.4, 0.5) is 11.4 Å². The molecule has 0 aromatic heterocycles. The molecule has 1 N–H and O–H groups in total. The van der Waals surface area contributed by atoms with Crippen molar-refractivity contribution in [2.45, 2.75) is 32.6 Å². The van der Waals surface area contributed by atoms with E-state index in [-0.39, 0.29) is 24.2 Å². The standard InChI is InChI=1S/C22H26N2O4/c1-3-16-28-22(27)17-12-14-18(15-13-17)23-20(25)10-7-11-21(26)24(2)19-8-5-4-6-9-19/h4-6,8-9,12-15H,3,7,10-11,16H2,1-2H3,(H,23,25). The molecule has 2 rings (SSSR count). The van der Waals surface area contributed by atoms with Crippen LogP contribution in [0.5, 0.6) is 0 Å². The Kier molecular flexibility index (Phi) is 8.21. The number of nitrogens with one attached hydrogen (secondary N) is 1. The quantitative estimate of drug-likeness (QED) is 0.665. The van der Waals surface area contributed by atoms with Gasteiger partial charge in [0.15, 0.2) is 0 Å². The van der Waals surface area contributed by atoms with Gasteiger partial charge in [-0.15, -0.1) is 0 Å². The van der Waals surface area contributed by atoms with Crippen molar-refractivity contribution in [2.75, 3.05) is 23.9 Å². The van der Waals surface area contributed by atoms with Gasteiger partial charge in [0, 0.05) is 31.3 Å². The molecule has 0 aliphatic heterocycles. The number of para-hydroxylation sites is 1. The number of carbonyl (C=O) groups excluding carboxylic acids is 3. The number of rotatable bonds is 9. The molecular weight excluding hydrogens is 356 g/mol. The Labute approximate surface area is 165 Å². The molecule has 0 atom stereocenters. The van der Waals surface area contributed by atoms with E-state index in [0.29, 0.717) is 30.7 Å². The first-order valence-corrected chi connectivity index (χ1v) is 9.40. The molecule has 0 aliphatic carbocycles. The van der Waals surface area contributed by atoms with Crippen molar-refractivity contribution in [1.29, 1.82) is 0 Å². The molecule has 2 amide bonds. The number of hydrogen-bond donors (Lipinski definition) is 1. The first-order valence-electron chi connectivity index (χ1n) is 9.40. The smallest absolute Gasteiger partial charge is 0.338 e. The lowest BCUT2D eigenvalue weighted by Crippen LogP contribution is -2.26. The van der Waals surface area contributed by atoms with E-state index in [9.17, 15) is 14.4 Å². The molecule has 6 nitrogen and oxygen atoms in total. The zero-order valence-corrected chi connectivity index (χ0v) is 16.3. The molecule has 0 saturated carbocycles. The van der Waals surface area contributed by atoms with Gasteiger partial charge in [0.1, 0.15) is 0 Å². The van der Waals surface area contributed by atoms with E-state index in [1.807, 2.05) is 37.3 Å². The topological polar surface area (TPSA) is 75.7 Å². The van der Waals surface area contributed by atoms with Crippen molar-refractivity contribution in [3.63, 3.8) is 0 Å². The summed E-state index contributed by atoms with van der Waals surface area (Å²) in [5.74, 6) is -0.578. The largest absolute Gasteiger partial charge is 0.462 e. The van der Waals surface area contributed by atoms with Gasteiger partial charge >= 0.3 is 5.97 Å². The lowest BCUT2D eigenvalue weighted by Gasteiger charge is -2.17.